The van der Waals surface area contributed by atoms with Crippen molar-refractivity contribution in [2.75, 3.05) is 13.2 Å². The minimum atomic E-state index is -1.93. The molecule has 1 aromatic carbocycles. The number of benzene rings is 1. The van der Waals surface area contributed by atoms with Gasteiger partial charge in [-0.15, -0.1) is 0 Å². The van der Waals surface area contributed by atoms with E-state index in [-0.39, 0.29) is 5.78 Å². The first-order chi connectivity index (χ1) is 11.1. The molecule has 128 valence electrons. The van der Waals surface area contributed by atoms with E-state index in [4.69, 9.17) is 9.29 Å². The Balaban J connectivity index is 1.83. The van der Waals surface area contributed by atoms with Crippen LogP contribution >= 0.6 is 0 Å². The van der Waals surface area contributed by atoms with Gasteiger partial charge in [-0.3, -0.25) is 9.35 Å². The molecular weight excluding hydrogens is 314 g/mol. The lowest BCUT2D eigenvalue weighted by atomic mass is 9.78. The van der Waals surface area contributed by atoms with Crippen molar-refractivity contribution < 1.29 is 18.3 Å². The quantitative estimate of drug-likeness (QED) is 0.563. The molecule has 0 amide bonds. The molecule has 0 spiro atoms. The summed E-state index contributed by atoms with van der Waals surface area (Å²) in [5.74, 6) is 1.84. The molecule has 0 aromatic heterocycles. The Hall–Kier alpha value is -1.24. The van der Waals surface area contributed by atoms with Gasteiger partial charge in [-0.05, 0) is 55.9 Å². The highest BCUT2D eigenvalue weighted by molar-refractivity contribution is 7.77. The van der Waals surface area contributed by atoms with E-state index >= 15 is 0 Å². The maximum atomic E-state index is 11.3. The fraction of sp³-hybridized carbons (Fsp3) is 0.588. The Morgan fingerprint density at radius 2 is 1.91 bits per heavy atom. The SMILES string of the molecule is CC(=O)c1ccc(OCC2CCCCC2CCNS(=O)O)cc1. The number of carbonyl (C=O) groups excluding carboxylic acids is 1. The highest BCUT2D eigenvalue weighted by atomic mass is 32.2. The molecule has 2 rings (SSSR count). The van der Waals surface area contributed by atoms with Gasteiger partial charge in [0.05, 0.1) is 6.61 Å². The van der Waals surface area contributed by atoms with Crippen molar-refractivity contribution in [3.63, 3.8) is 0 Å². The van der Waals surface area contributed by atoms with Crippen molar-refractivity contribution in [1.29, 1.82) is 0 Å². The van der Waals surface area contributed by atoms with E-state index in [9.17, 15) is 9.00 Å². The highest BCUT2D eigenvalue weighted by Gasteiger charge is 2.25. The summed E-state index contributed by atoms with van der Waals surface area (Å²) in [6, 6.07) is 7.25. The van der Waals surface area contributed by atoms with Gasteiger partial charge in [-0.25, -0.2) is 8.93 Å². The Morgan fingerprint density at radius 1 is 1.26 bits per heavy atom. The topological polar surface area (TPSA) is 75.6 Å². The molecule has 1 saturated carbocycles. The van der Waals surface area contributed by atoms with Crippen LogP contribution in [0.5, 0.6) is 5.75 Å². The van der Waals surface area contributed by atoms with Crippen LogP contribution in [0.3, 0.4) is 0 Å². The van der Waals surface area contributed by atoms with Crippen LogP contribution < -0.4 is 9.46 Å². The first-order valence-electron chi connectivity index (χ1n) is 8.14. The molecular formula is C17H25NO4S. The van der Waals surface area contributed by atoms with E-state index in [0.29, 0.717) is 30.6 Å². The van der Waals surface area contributed by atoms with E-state index in [2.05, 4.69) is 4.72 Å². The maximum Gasteiger partial charge on any atom is 0.231 e. The third-order valence-electron chi connectivity index (χ3n) is 4.53. The van der Waals surface area contributed by atoms with Gasteiger partial charge in [0, 0.05) is 12.1 Å². The Kier molecular flexibility index (Phi) is 7.20. The van der Waals surface area contributed by atoms with Crippen LogP contribution in [0.25, 0.3) is 0 Å². The second-order valence-corrected chi connectivity index (χ2v) is 6.92. The van der Waals surface area contributed by atoms with Crippen molar-refractivity contribution >= 4 is 17.0 Å². The number of Topliss-reactive ketones (excluding diaryl/α,β-unsaturated/α-hetero) is 1. The molecule has 2 N–H and O–H groups in total. The lowest BCUT2D eigenvalue weighted by Gasteiger charge is -2.31. The van der Waals surface area contributed by atoms with E-state index in [1.165, 1.54) is 12.8 Å². The summed E-state index contributed by atoms with van der Waals surface area (Å²) in [5.41, 5.74) is 0.691. The molecule has 23 heavy (non-hydrogen) atoms. The third-order valence-corrected chi connectivity index (χ3v) is 4.98. The summed E-state index contributed by atoms with van der Waals surface area (Å²) in [6.07, 6.45) is 5.61. The maximum absolute atomic E-state index is 11.3. The minimum absolute atomic E-state index is 0.0534. The van der Waals surface area contributed by atoms with Gasteiger partial charge in [0.15, 0.2) is 5.78 Å². The average molecular weight is 339 g/mol. The second-order valence-electron chi connectivity index (χ2n) is 6.13. The summed E-state index contributed by atoms with van der Waals surface area (Å²) in [4.78, 5) is 11.3. The molecule has 1 aliphatic carbocycles. The lowest BCUT2D eigenvalue weighted by molar-refractivity contribution is 0.101. The number of ketones is 1. The normalized spacial score (nSPS) is 22.5. The third kappa shape index (κ3) is 6.05. The van der Waals surface area contributed by atoms with Gasteiger partial charge in [0.25, 0.3) is 0 Å². The monoisotopic (exact) mass is 339 g/mol. The number of nitrogens with one attached hydrogen (secondary N) is 1. The Labute approximate surface area is 140 Å². The predicted octanol–water partition coefficient (Wildman–Crippen LogP) is 3.19. The van der Waals surface area contributed by atoms with Crippen LogP contribution in [0.1, 0.15) is 49.4 Å². The first kappa shape index (κ1) is 18.1. The smallest absolute Gasteiger partial charge is 0.231 e. The summed E-state index contributed by atoms with van der Waals surface area (Å²) >= 11 is -1.93. The van der Waals surface area contributed by atoms with Crippen LogP contribution in [-0.2, 0) is 11.3 Å². The van der Waals surface area contributed by atoms with Crippen molar-refractivity contribution in [2.24, 2.45) is 11.8 Å². The zero-order valence-corrected chi connectivity index (χ0v) is 14.3. The van der Waals surface area contributed by atoms with Crippen LogP contribution in [-0.4, -0.2) is 27.7 Å². The molecule has 0 radical (unpaired) electrons. The number of rotatable bonds is 8. The van der Waals surface area contributed by atoms with Gasteiger partial charge < -0.3 is 4.74 Å². The van der Waals surface area contributed by atoms with E-state index < -0.39 is 11.3 Å². The molecule has 1 aliphatic rings. The summed E-state index contributed by atoms with van der Waals surface area (Å²) < 4.78 is 27.9. The van der Waals surface area contributed by atoms with Crippen LogP contribution in [0.4, 0.5) is 0 Å². The molecule has 6 heteroatoms. The molecule has 0 heterocycles. The summed E-state index contributed by atoms with van der Waals surface area (Å²) in [6.45, 7) is 2.76. The van der Waals surface area contributed by atoms with Crippen molar-refractivity contribution in [1.82, 2.24) is 4.72 Å². The first-order valence-corrected chi connectivity index (χ1v) is 9.25. The minimum Gasteiger partial charge on any atom is -0.493 e. The average Bonchev–Trinajstić information content (AvgIpc) is 2.54. The molecule has 1 fully saturated rings. The van der Waals surface area contributed by atoms with Gasteiger partial charge in [0.2, 0.25) is 11.3 Å². The Bertz CT molecular complexity index is 532. The molecule has 3 unspecified atom stereocenters. The Morgan fingerprint density at radius 3 is 2.52 bits per heavy atom. The van der Waals surface area contributed by atoms with E-state index in [1.54, 1.807) is 19.1 Å². The van der Waals surface area contributed by atoms with Gasteiger partial charge in [0.1, 0.15) is 5.75 Å². The molecule has 0 aliphatic heterocycles. The lowest BCUT2D eigenvalue weighted by Crippen LogP contribution is -2.29. The van der Waals surface area contributed by atoms with Crippen molar-refractivity contribution in [3.05, 3.63) is 29.8 Å². The van der Waals surface area contributed by atoms with Crippen LogP contribution in [0, 0.1) is 11.8 Å². The zero-order chi connectivity index (χ0) is 16.7. The molecule has 3 atom stereocenters. The van der Waals surface area contributed by atoms with Crippen LogP contribution in [0.15, 0.2) is 24.3 Å². The number of carbonyl (C=O) groups is 1. The molecule has 5 nitrogen and oxygen atoms in total. The highest BCUT2D eigenvalue weighted by Crippen LogP contribution is 2.32. The van der Waals surface area contributed by atoms with Gasteiger partial charge >= 0.3 is 0 Å². The van der Waals surface area contributed by atoms with Gasteiger partial charge in [-0.1, -0.05) is 19.3 Å². The zero-order valence-electron chi connectivity index (χ0n) is 13.5. The number of hydrogen-bond donors (Lipinski definition) is 2. The van der Waals surface area contributed by atoms with Crippen LogP contribution in [0.2, 0.25) is 0 Å². The molecule has 0 saturated heterocycles. The second kappa shape index (κ2) is 9.15. The molecule has 1 aromatic rings. The predicted molar refractivity (Wildman–Crippen MR) is 90.8 cm³/mol. The number of ether oxygens (including phenoxy) is 1. The summed E-state index contributed by atoms with van der Waals surface area (Å²) in [7, 11) is 0. The van der Waals surface area contributed by atoms with E-state index in [1.807, 2.05) is 12.1 Å². The standard InChI is InChI=1S/C17H25NO4S/c1-13(19)14-6-8-17(9-7-14)22-12-16-5-3-2-4-15(16)10-11-18-23(20)21/h6-9,15-16,18H,2-5,10-12H2,1H3,(H,20,21). The molecule has 0 bridgehead atoms. The van der Waals surface area contributed by atoms with Crippen molar-refractivity contribution in [3.8, 4) is 5.75 Å². The fourth-order valence-corrected chi connectivity index (χ4v) is 3.50. The summed E-state index contributed by atoms with van der Waals surface area (Å²) in [5, 5.41) is 0. The largest absolute Gasteiger partial charge is 0.493 e. The van der Waals surface area contributed by atoms with Gasteiger partial charge in [-0.2, -0.15) is 0 Å². The fourth-order valence-electron chi connectivity index (χ4n) is 3.20. The number of hydrogen-bond acceptors (Lipinski definition) is 3. The van der Waals surface area contributed by atoms with E-state index in [0.717, 1.165) is 25.0 Å². The van der Waals surface area contributed by atoms with Crippen molar-refractivity contribution in [2.45, 2.75) is 39.0 Å².